The number of benzene rings is 2. The van der Waals surface area contributed by atoms with Gasteiger partial charge in [0.15, 0.2) is 11.5 Å². The van der Waals surface area contributed by atoms with E-state index in [9.17, 15) is 19.8 Å². The van der Waals surface area contributed by atoms with E-state index in [1.165, 1.54) is 18.1 Å². The van der Waals surface area contributed by atoms with E-state index in [1.54, 1.807) is 43.3 Å². The van der Waals surface area contributed by atoms with Crippen molar-refractivity contribution in [2.24, 2.45) is 0 Å². The van der Waals surface area contributed by atoms with E-state index in [-0.39, 0.29) is 22.8 Å². The highest BCUT2D eigenvalue weighted by molar-refractivity contribution is 6.46. The van der Waals surface area contributed by atoms with Crippen LogP contribution in [0.3, 0.4) is 0 Å². The maximum atomic E-state index is 13.2. The van der Waals surface area contributed by atoms with Crippen LogP contribution in [0.25, 0.3) is 5.76 Å². The molecular weight excluding hydrogens is 436 g/mol. The molecule has 1 fully saturated rings. The lowest BCUT2D eigenvalue weighted by atomic mass is 9.95. The summed E-state index contributed by atoms with van der Waals surface area (Å²) in [5, 5.41) is 21.4. The van der Waals surface area contributed by atoms with Crippen molar-refractivity contribution in [1.29, 1.82) is 0 Å². The molecule has 1 saturated heterocycles. The first-order valence-corrected chi connectivity index (χ1v) is 11.5. The van der Waals surface area contributed by atoms with Crippen LogP contribution in [0.2, 0.25) is 0 Å². The molecule has 182 valence electrons. The largest absolute Gasteiger partial charge is 0.507 e. The molecule has 0 bridgehead atoms. The number of amides is 1. The summed E-state index contributed by atoms with van der Waals surface area (Å²) in [5.74, 6) is -0.990. The van der Waals surface area contributed by atoms with Gasteiger partial charge in [-0.05, 0) is 49.8 Å². The molecule has 1 atom stereocenters. The van der Waals surface area contributed by atoms with Crippen LogP contribution in [0, 0.1) is 0 Å². The zero-order valence-electron chi connectivity index (χ0n) is 20.1. The van der Waals surface area contributed by atoms with Gasteiger partial charge in [0.2, 0.25) is 0 Å². The number of ketones is 1. The Morgan fingerprint density at radius 2 is 1.82 bits per heavy atom. The fourth-order valence-electron chi connectivity index (χ4n) is 4.14. The molecular formula is C26H32N2O6. The van der Waals surface area contributed by atoms with Gasteiger partial charge in [-0.15, -0.1) is 0 Å². The highest BCUT2D eigenvalue weighted by Gasteiger charge is 2.46. The van der Waals surface area contributed by atoms with E-state index in [0.717, 1.165) is 13.1 Å². The fourth-order valence-corrected chi connectivity index (χ4v) is 4.14. The Morgan fingerprint density at radius 3 is 2.47 bits per heavy atom. The van der Waals surface area contributed by atoms with Crippen molar-refractivity contribution >= 4 is 17.4 Å². The van der Waals surface area contributed by atoms with Gasteiger partial charge in [-0.3, -0.25) is 9.59 Å². The molecule has 1 unspecified atom stereocenters. The van der Waals surface area contributed by atoms with E-state index < -0.39 is 17.7 Å². The number of ether oxygens (including phenoxy) is 2. The van der Waals surface area contributed by atoms with Crippen molar-refractivity contribution in [2.75, 3.05) is 39.9 Å². The molecule has 3 rings (SSSR count). The standard InChI is InChI=1S/C26H32N2O6/c1-5-27(6-2)13-14-28-23(17-11-12-20(29)21(16-17)34-7-3)22(25(31)26(28)32)24(30)18-9-8-10-19(15-18)33-4/h8-12,15-16,23,29-30H,5-7,13-14H2,1-4H3/b24-22+. The predicted molar refractivity (Wildman–Crippen MR) is 129 cm³/mol. The quantitative estimate of drug-likeness (QED) is 0.312. The number of phenols is 1. The predicted octanol–water partition coefficient (Wildman–Crippen LogP) is 3.56. The van der Waals surface area contributed by atoms with E-state index in [4.69, 9.17) is 9.47 Å². The second-order valence-corrected chi connectivity index (χ2v) is 7.91. The van der Waals surface area contributed by atoms with E-state index >= 15 is 0 Å². The molecule has 8 heteroatoms. The molecule has 1 heterocycles. The number of hydrogen-bond acceptors (Lipinski definition) is 7. The second-order valence-electron chi connectivity index (χ2n) is 7.91. The number of aliphatic hydroxyl groups excluding tert-OH is 1. The summed E-state index contributed by atoms with van der Waals surface area (Å²) in [6.07, 6.45) is 0. The van der Waals surface area contributed by atoms with Crippen molar-refractivity contribution in [3.8, 4) is 17.2 Å². The molecule has 1 aliphatic rings. The van der Waals surface area contributed by atoms with Crippen LogP contribution in [0.5, 0.6) is 17.2 Å². The molecule has 1 amide bonds. The van der Waals surface area contributed by atoms with E-state index in [2.05, 4.69) is 4.90 Å². The molecule has 34 heavy (non-hydrogen) atoms. The Balaban J connectivity index is 2.15. The lowest BCUT2D eigenvalue weighted by molar-refractivity contribution is -0.140. The summed E-state index contributed by atoms with van der Waals surface area (Å²) in [6.45, 7) is 8.69. The third-order valence-corrected chi connectivity index (χ3v) is 6.03. The average molecular weight is 469 g/mol. The van der Waals surface area contributed by atoms with Crippen LogP contribution in [-0.2, 0) is 9.59 Å². The Kier molecular flexibility index (Phi) is 8.17. The van der Waals surface area contributed by atoms with Crippen molar-refractivity contribution in [3.63, 3.8) is 0 Å². The SMILES string of the molecule is CCOc1cc(C2/C(=C(\O)c3cccc(OC)c3)C(=O)C(=O)N2CCN(CC)CC)ccc1O. The van der Waals surface area contributed by atoms with Gasteiger partial charge in [0.25, 0.3) is 11.7 Å². The first-order valence-electron chi connectivity index (χ1n) is 11.5. The molecule has 0 aromatic heterocycles. The van der Waals surface area contributed by atoms with Gasteiger partial charge in [0.1, 0.15) is 11.5 Å². The van der Waals surface area contributed by atoms with Crippen LogP contribution >= 0.6 is 0 Å². The maximum absolute atomic E-state index is 13.2. The van der Waals surface area contributed by atoms with Crippen LogP contribution in [0.1, 0.15) is 37.9 Å². The summed E-state index contributed by atoms with van der Waals surface area (Å²) in [5.41, 5.74) is 0.922. The summed E-state index contributed by atoms with van der Waals surface area (Å²) in [4.78, 5) is 30.0. The molecule has 8 nitrogen and oxygen atoms in total. The topological polar surface area (TPSA) is 99.5 Å². The maximum Gasteiger partial charge on any atom is 0.295 e. The van der Waals surface area contributed by atoms with Gasteiger partial charge in [0, 0.05) is 18.7 Å². The van der Waals surface area contributed by atoms with Crippen molar-refractivity contribution in [1.82, 2.24) is 9.80 Å². The number of Topliss-reactive ketones (excluding diaryl/α,β-unsaturated/α-hetero) is 1. The van der Waals surface area contributed by atoms with Gasteiger partial charge in [0.05, 0.1) is 25.3 Å². The molecule has 0 radical (unpaired) electrons. The molecule has 2 aromatic rings. The number of carbonyl (C=O) groups excluding carboxylic acids is 2. The summed E-state index contributed by atoms with van der Waals surface area (Å²) in [7, 11) is 1.51. The minimum Gasteiger partial charge on any atom is -0.507 e. The van der Waals surface area contributed by atoms with Crippen molar-refractivity contribution < 1.29 is 29.3 Å². The number of methoxy groups -OCH3 is 1. The number of likely N-dealkylation sites (tertiary alicyclic amines) is 1. The van der Waals surface area contributed by atoms with Gasteiger partial charge < -0.3 is 29.5 Å². The Hall–Kier alpha value is -3.52. The molecule has 2 aromatic carbocycles. The molecule has 0 aliphatic carbocycles. The Bertz CT molecular complexity index is 1080. The van der Waals surface area contributed by atoms with E-state index in [1.807, 2.05) is 13.8 Å². The highest BCUT2D eigenvalue weighted by Crippen LogP contribution is 2.42. The number of nitrogens with zero attached hydrogens (tertiary/aromatic N) is 2. The number of aromatic hydroxyl groups is 1. The smallest absolute Gasteiger partial charge is 0.295 e. The van der Waals surface area contributed by atoms with Crippen LogP contribution in [-0.4, -0.2) is 71.6 Å². The Labute approximate surface area is 200 Å². The van der Waals surface area contributed by atoms with Gasteiger partial charge in [-0.2, -0.15) is 0 Å². The first kappa shape index (κ1) is 25.1. The first-order chi connectivity index (χ1) is 16.4. The molecule has 0 saturated carbocycles. The molecule has 2 N–H and O–H groups in total. The van der Waals surface area contributed by atoms with Gasteiger partial charge in [-0.1, -0.05) is 32.0 Å². The fraction of sp³-hybridized carbons (Fsp3) is 0.385. The summed E-state index contributed by atoms with van der Waals surface area (Å²) < 4.78 is 10.8. The van der Waals surface area contributed by atoms with Crippen molar-refractivity contribution in [2.45, 2.75) is 26.8 Å². The van der Waals surface area contributed by atoms with E-state index in [0.29, 0.717) is 36.6 Å². The van der Waals surface area contributed by atoms with Crippen molar-refractivity contribution in [3.05, 3.63) is 59.2 Å². The number of aliphatic hydroxyl groups is 1. The highest BCUT2D eigenvalue weighted by atomic mass is 16.5. The lowest BCUT2D eigenvalue weighted by Gasteiger charge is -2.28. The molecule has 1 aliphatic heterocycles. The van der Waals surface area contributed by atoms with Crippen LogP contribution in [0.15, 0.2) is 48.0 Å². The number of likely N-dealkylation sites (N-methyl/N-ethyl adjacent to an activating group) is 1. The number of rotatable bonds is 10. The summed E-state index contributed by atoms with van der Waals surface area (Å²) in [6, 6.07) is 10.6. The third kappa shape index (κ3) is 5.02. The molecule has 0 spiro atoms. The van der Waals surface area contributed by atoms with Gasteiger partial charge in [-0.25, -0.2) is 0 Å². The second kappa shape index (κ2) is 11.1. The average Bonchev–Trinajstić information content (AvgIpc) is 3.10. The van der Waals surface area contributed by atoms with Crippen LogP contribution < -0.4 is 9.47 Å². The number of phenolic OH excluding ortho intramolecular Hbond substituents is 1. The zero-order valence-corrected chi connectivity index (χ0v) is 20.1. The number of hydrogen-bond donors (Lipinski definition) is 2. The number of carbonyl (C=O) groups is 2. The zero-order chi connectivity index (χ0) is 24.8. The minimum absolute atomic E-state index is 0.00839. The van der Waals surface area contributed by atoms with Gasteiger partial charge >= 0.3 is 0 Å². The normalized spacial score (nSPS) is 17.4. The lowest BCUT2D eigenvalue weighted by Crippen LogP contribution is -2.38. The van der Waals surface area contributed by atoms with Crippen LogP contribution in [0.4, 0.5) is 0 Å². The summed E-state index contributed by atoms with van der Waals surface area (Å²) >= 11 is 0. The Morgan fingerprint density at radius 1 is 1.09 bits per heavy atom. The third-order valence-electron chi connectivity index (χ3n) is 6.03. The minimum atomic E-state index is -0.832. The monoisotopic (exact) mass is 468 g/mol.